The molecule has 1 N–H and O–H groups in total. The van der Waals surface area contributed by atoms with Crippen molar-refractivity contribution in [3.05, 3.63) is 36.2 Å². The van der Waals surface area contributed by atoms with Crippen molar-refractivity contribution in [3.63, 3.8) is 0 Å². The van der Waals surface area contributed by atoms with Gasteiger partial charge in [0.25, 0.3) is 0 Å². The van der Waals surface area contributed by atoms with Gasteiger partial charge in [0.2, 0.25) is 5.89 Å². The molecule has 1 aromatic heterocycles. The van der Waals surface area contributed by atoms with E-state index in [9.17, 15) is 0 Å². The van der Waals surface area contributed by atoms with Crippen LogP contribution in [0.2, 0.25) is 0 Å². The molecule has 0 atom stereocenters. The Balaban J connectivity index is 2.07. The number of rotatable bonds is 6. The molecule has 0 unspecified atom stereocenters. The van der Waals surface area contributed by atoms with E-state index < -0.39 is 0 Å². The van der Waals surface area contributed by atoms with E-state index in [1.807, 2.05) is 36.2 Å². The molecule has 0 aliphatic rings. The average molecular weight is 262 g/mol. The number of hydrogen-bond acceptors (Lipinski definition) is 5. The molecule has 0 fully saturated rings. The van der Waals surface area contributed by atoms with Crippen LogP contribution in [-0.4, -0.2) is 42.3 Å². The van der Waals surface area contributed by atoms with E-state index in [-0.39, 0.29) is 6.61 Å². The summed E-state index contributed by atoms with van der Waals surface area (Å²) in [5.74, 6) is 1.40. The van der Waals surface area contributed by atoms with E-state index in [4.69, 9.17) is 14.3 Å². The Kier molecular flexibility index (Phi) is 4.54. The second-order valence-electron chi connectivity index (χ2n) is 4.33. The van der Waals surface area contributed by atoms with Crippen LogP contribution in [0.15, 0.2) is 34.9 Å². The third kappa shape index (κ3) is 3.56. The van der Waals surface area contributed by atoms with Crippen LogP contribution in [0.3, 0.4) is 0 Å². The highest BCUT2D eigenvalue weighted by molar-refractivity contribution is 5.54. The zero-order valence-corrected chi connectivity index (χ0v) is 11.2. The van der Waals surface area contributed by atoms with Crippen molar-refractivity contribution < 1.29 is 14.3 Å². The molecule has 0 bridgehead atoms. The molecule has 1 aromatic carbocycles. The second kappa shape index (κ2) is 6.36. The summed E-state index contributed by atoms with van der Waals surface area (Å²) in [5, 5.41) is 8.85. The van der Waals surface area contributed by atoms with E-state index in [0.717, 1.165) is 17.0 Å². The van der Waals surface area contributed by atoms with Crippen LogP contribution in [0.4, 0.5) is 0 Å². The monoisotopic (exact) mass is 262 g/mol. The lowest BCUT2D eigenvalue weighted by Gasteiger charge is -2.11. The third-order valence-electron chi connectivity index (χ3n) is 2.80. The predicted molar refractivity (Wildman–Crippen MR) is 71.9 cm³/mol. The molecule has 0 aliphatic carbocycles. The number of methoxy groups -OCH3 is 1. The maximum absolute atomic E-state index is 8.85. The predicted octanol–water partition coefficient (Wildman–Crippen LogP) is 1.77. The molecular formula is C14H18N2O3. The summed E-state index contributed by atoms with van der Waals surface area (Å²) in [6.07, 6.45) is 1.65. The number of aliphatic hydroxyl groups is 1. The Labute approximate surface area is 112 Å². The van der Waals surface area contributed by atoms with E-state index in [2.05, 4.69) is 4.98 Å². The molecule has 0 aliphatic heterocycles. The molecule has 0 spiro atoms. The molecule has 0 saturated carbocycles. The molecule has 5 heteroatoms. The van der Waals surface area contributed by atoms with Gasteiger partial charge in [0.1, 0.15) is 12.0 Å². The van der Waals surface area contributed by atoms with Crippen LogP contribution in [0, 0.1) is 0 Å². The largest absolute Gasteiger partial charge is 0.497 e. The van der Waals surface area contributed by atoms with Crippen LogP contribution in [0.5, 0.6) is 5.75 Å². The van der Waals surface area contributed by atoms with Crippen LogP contribution >= 0.6 is 0 Å². The quantitative estimate of drug-likeness (QED) is 0.859. The van der Waals surface area contributed by atoms with Crippen molar-refractivity contribution in [2.24, 2.45) is 0 Å². The number of aliphatic hydroxyl groups excluding tert-OH is 1. The van der Waals surface area contributed by atoms with Gasteiger partial charge in [-0.1, -0.05) is 0 Å². The lowest BCUT2D eigenvalue weighted by atomic mass is 10.2. The summed E-state index contributed by atoms with van der Waals surface area (Å²) in [7, 11) is 3.56. The van der Waals surface area contributed by atoms with Crippen LogP contribution in [-0.2, 0) is 6.54 Å². The van der Waals surface area contributed by atoms with Crippen molar-refractivity contribution in [1.82, 2.24) is 9.88 Å². The SMILES string of the molecule is COc1ccc(-c2nc(CN(C)CCO)co2)cc1. The summed E-state index contributed by atoms with van der Waals surface area (Å²) >= 11 is 0. The summed E-state index contributed by atoms with van der Waals surface area (Å²) < 4.78 is 10.6. The number of oxazole rings is 1. The number of ether oxygens (including phenoxy) is 1. The highest BCUT2D eigenvalue weighted by Crippen LogP contribution is 2.21. The third-order valence-corrected chi connectivity index (χ3v) is 2.80. The van der Waals surface area contributed by atoms with Gasteiger partial charge in [-0.15, -0.1) is 0 Å². The summed E-state index contributed by atoms with van der Waals surface area (Å²) in [5.41, 5.74) is 1.76. The van der Waals surface area contributed by atoms with Crippen molar-refractivity contribution in [2.45, 2.75) is 6.54 Å². The van der Waals surface area contributed by atoms with Crippen molar-refractivity contribution in [2.75, 3.05) is 27.3 Å². The first-order valence-corrected chi connectivity index (χ1v) is 6.11. The van der Waals surface area contributed by atoms with E-state index in [1.165, 1.54) is 0 Å². The Bertz CT molecular complexity index is 508. The summed E-state index contributed by atoms with van der Waals surface area (Å²) in [6, 6.07) is 7.56. The van der Waals surface area contributed by atoms with Crippen LogP contribution in [0.25, 0.3) is 11.5 Å². The molecule has 1 heterocycles. The number of benzene rings is 1. The fraction of sp³-hybridized carbons (Fsp3) is 0.357. The first kappa shape index (κ1) is 13.6. The topological polar surface area (TPSA) is 58.7 Å². The second-order valence-corrected chi connectivity index (χ2v) is 4.33. The lowest BCUT2D eigenvalue weighted by Crippen LogP contribution is -2.21. The number of nitrogens with zero attached hydrogens (tertiary/aromatic N) is 2. The fourth-order valence-corrected chi connectivity index (χ4v) is 1.77. The molecule has 102 valence electrons. The summed E-state index contributed by atoms with van der Waals surface area (Å²) in [6.45, 7) is 1.41. The van der Waals surface area contributed by atoms with E-state index in [0.29, 0.717) is 19.0 Å². The highest BCUT2D eigenvalue weighted by Gasteiger charge is 2.08. The normalized spacial score (nSPS) is 10.9. The molecule has 2 rings (SSSR count). The fourth-order valence-electron chi connectivity index (χ4n) is 1.77. The average Bonchev–Trinajstić information content (AvgIpc) is 2.87. The molecule has 5 nitrogen and oxygen atoms in total. The van der Waals surface area contributed by atoms with Crippen molar-refractivity contribution >= 4 is 0 Å². The van der Waals surface area contributed by atoms with Gasteiger partial charge < -0.3 is 14.3 Å². The number of likely N-dealkylation sites (N-methyl/N-ethyl adjacent to an activating group) is 1. The van der Waals surface area contributed by atoms with Gasteiger partial charge in [0.15, 0.2) is 0 Å². The van der Waals surface area contributed by atoms with E-state index >= 15 is 0 Å². The van der Waals surface area contributed by atoms with Crippen molar-refractivity contribution in [3.8, 4) is 17.2 Å². The van der Waals surface area contributed by atoms with E-state index in [1.54, 1.807) is 13.4 Å². The maximum atomic E-state index is 8.85. The Morgan fingerprint density at radius 2 is 2.05 bits per heavy atom. The van der Waals surface area contributed by atoms with Crippen molar-refractivity contribution in [1.29, 1.82) is 0 Å². The van der Waals surface area contributed by atoms with Gasteiger partial charge >= 0.3 is 0 Å². The number of aromatic nitrogens is 1. The number of hydrogen-bond donors (Lipinski definition) is 1. The van der Waals surface area contributed by atoms with Gasteiger partial charge in [-0.05, 0) is 31.3 Å². The van der Waals surface area contributed by atoms with Gasteiger partial charge in [-0.25, -0.2) is 4.98 Å². The molecule has 0 radical (unpaired) electrons. The first-order chi connectivity index (χ1) is 9.22. The summed E-state index contributed by atoms with van der Waals surface area (Å²) in [4.78, 5) is 6.41. The van der Waals surface area contributed by atoms with Crippen LogP contribution < -0.4 is 4.74 Å². The lowest BCUT2D eigenvalue weighted by molar-refractivity contribution is 0.216. The Hall–Kier alpha value is -1.85. The van der Waals surface area contributed by atoms with Gasteiger partial charge in [-0.3, -0.25) is 4.90 Å². The highest BCUT2D eigenvalue weighted by atomic mass is 16.5. The smallest absolute Gasteiger partial charge is 0.226 e. The van der Waals surface area contributed by atoms with Gasteiger partial charge in [0.05, 0.1) is 19.4 Å². The zero-order valence-electron chi connectivity index (χ0n) is 11.2. The van der Waals surface area contributed by atoms with Gasteiger partial charge in [0, 0.05) is 18.7 Å². The molecule has 0 saturated heterocycles. The Morgan fingerprint density at radius 1 is 1.32 bits per heavy atom. The minimum atomic E-state index is 0.139. The molecule has 2 aromatic rings. The standard InChI is InChI=1S/C14H18N2O3/c1-16(7-8-17)9-12-10-19-14(15-12)11-3-5-13(18-2)6-4-11/h3-6,10,17H,7-9H2,1-2H3. The Morgan fingerprint density at radius 3 is 2.68 bits per heavy atom. The molecule has 19 heavy (non-hydrogen) atoms. The van der Waals surface area contributed by atoms with Crippen LogP contribution in [0.1, 0.15) is 5.69 Å². The molecule has 0 amide bonds. The zero-order chi connectivity index (χ0) is 13.7. The maximum Gasteiger partial charge on any atom is 0.226 e. The minimum Gasteiger partial charge on any atom is -0.497 e. The minimum absolute atomic E-state index is 0.139. The molecular weight excluding hydrogens is 244 g/mol. The first-order valence-electron chi connectivity index (χ1n) is 6.11. The van der Waals surface area contributed by atoms with Gasteiger partial charge in [-0.2, -0.15) is 0 Å².